The molecule has 3 fully saturated rings. The first-order valence-corrected chi connectivity index (χ1v) is 45.4. The van der Waals surface area contributed by atoms with E-state index in [1.54, 1.807) is 76.5 Å². The number of H-pyrrole nitrogens is 2. The number of nitrogens with two attached hydrogens (primary N) is 4. The maximum Gasteiger partial charge on any atom is 0.246 e. The fourth-order valence-corrected chi connectivity index (χ4v) is 17.2. The molecule has 15 atom stereocenters. The van der Waals surface area contributed by atoms with Crippen molar-refractivity contribution < 1.29 is 91.7 Å². The first-order chi connectivity index (χ1) is 61.8. The van der Waals surface area contributed by atoms with Gasteiger partial charge in [-0.2, -0.15) is 0 Å². The van der Waals surface area contributed by atoms with Crippen molar-refractivity contribution in [3.05, 3.63) is 102 Å². The molecule has 22 N–H and O–H groups in total. The molecule has 0 aliphatic carbocycles. The Balaban J connectivity index is 1.18. The minimum absolute atomic E-state index is 0.00356. The van der Waals surface area contributed by atoms with Crippen LogP contribution >= 0.6 is 11.8 Å². The van der Waals surface area contributed by atoms with E-state index in [0.29, 0.717) is 64.2 Å². The minimum atomic E-state index is -1.76. The smallest absolute Gasteiger partial charge is 0.246 e. The van der Waals surface area contributed by atoms with Crippen molar-refractivity contribution in [2.45, 2.75) is 242 Å². The van der Waals surface area contributed by atoms with Crippen LogP contribution in [-0.2, 0) is 101 Å². The number of hydrogen-bond acceptors (Lipinski definition) is 22. The summed E-state index contributed by atoms with van der Waals surface area (Å²) in [5.74, 6) is -16.9. The predicted octanol–water partition coefficient (Wildman–Crippen LogP) is -1.80. The fraction of sp³-hybridized carbons (Fsp3) is 0.562. The highest BCUT2D eigenvalue weighted by atomic mass is 32.2. The number of aromatic hydroxyl groups is 1. The third-order valence-electron chi connectivity index (χ3n) is 23.6. The zero-order chi connectivity index (χ0) is 95.5. The minimum Gasteiger partial charge on any atom is -0.508 e. The lowest BCUT2D eigenvalue weighted by atomic mass is 9.99. The summed E-state index contributed by atoms with van der Waals surface area (Å²) in [5.41, 5.74) is 26.4. The highest BCUT2D eigenvalue weighted by molar-refractivity contribution is 8.00. The summed E-state index contributed by atoms with van der Waals surface area (Å²) in [6.45, 7) is 10.0. The molecule has 5 aromatic rings. The summed E-state index contributed by atoms with van der Waals surface area (Å²) < 4.78 is 0. The summed E-state index contributed by atoms with van der Waals surface area (Å²) in [4.78, 5) is 261. The summed E-state index contributed by atoms with van der Waals surface area (Å²) in [5, 5.41) is 49.7. The molecule has 0 saturated carbocycles. The molecule has 0 bridgehead atoms. The Kier molecular flexibility index (Phi) is 38.8. The van der Waals surface area contributed by atoms with Gasteiger partial charge >= 0.3 is 0 Å². The van der Waals surface area contributed by atoms with Crippen molar-refractivity contribution in [2.75, 3.05) is 65.4 Å². The van der Waals surface area contributed by atoms with Crippen LogP contribution < -0.4 is 76.1 Å². The van der Waals surface area contributed by atoms with Gasteiger partial charge in [0.15, 0.2) is 0 Å². The summed E-state index contributed by atoms with van der Waals surface area (Å²) in [6.07, 6.45) is 1.86. The standard InChI is InChI=1S/C89H129N21O19S/c1-11-13-24-69-82(122)99-61(34-48(3)4)79(119)105-68(77(117)96-44-74(93)114)46-130-47-75(115)97-64(36-51-27-29-54(111)30-28-51)85(125)106(8)50(7)76(116)101-66(40-73(92)113)87(127)109-33-19-26-70(109)83(123)104-67(41-91)81(121)102-63(35-49(5)6)88(128)110-45-55(112)39-72(110)84(124)100-62(37-52-42-94-58-22-17-15-20-56(52)58)80(120)98-60(31-32-90)78(118)103-65(38-53-43-95-59-23-18-16-21-57(53)59)86(126)108(10)71(25-14-12-2)89(129)107(69)9/h15-18,20-23,27-30,42-43,48-50,55,60-72,94-95,111-112H,11-14,19,24-26,31-41,44-47,90-91H2,1-10H3,(H2,92,113)(H2,93,114)(H,96,117)(H,97,115)(H,98,120)(H,99,122)(H,100,124)(H,101,116)(H,102,121)(H,103,118)(H,104,123)(H,105,119)/t50-,55+,60-,61-,62-,63-,64-,65-,66-,67-,68-,69-,70-,71-,72-/m0/s1. The van der Waals surface area contributed by atoms with Gasteiger partial charge in [-0.25, -0.2) is 0 Å². The average Bonchev–Trinajstić information content (AvgIpc) is 1.58. The van der Waals surface area contributed by atoms with Gasteiger partial charge in [0.25, 0.3) is 0 Å². The van der Waals surface area contributed by atoms with Crippen LogP contribution in [0.2, 0.25) is 0 Å². The number of carbonyl (C=O) groups excluding carboxylic acids is 17. The van der Waals surface area contributed by atoms with E-state index in [4.69, 9.17) is 22.9 Å². The Morgan fingerprint density at radius 3 is 1.61 bits per heavy atom. The molecule has 8 rings (SSSR count). The van der Waals surface area contributed by atoms with Crippen molar-refractivity contribution in [2.24, 2.45) is 34.8 Å². The number of aliphatic hydroxyl groups is 1. The lowest BCUT2D eigenvalue weighted by Gasteiger charge is -2.36. The maximum absolute atomic E-state index is 15.8. The van der Waals surface area contributed by atoms with E-state index in [1.807, 2.05) is 26.0 Å². The van der Waals surface area contributed by atoms with Crippen molar-refractivity contribution in [3.63, 3.8) is 0 Å². The second-order valence-electron chi connectivity index (χ2n) is 34.5. The number of carbonyl (C=O) groups is 17. The number of fused-ring (bicyclic) bond motifs is 4. The Hall–Kier alpha value is -12.2. The van der Waals surface area contributed by atoms with Crippen molar-refractivity contribution in [1.29, 1.82) is 0 Å². The molecule has 710 valence electrons. The molecule has 3 aliphatic rings. The van der Waals surface area contributed by atoms with Crippen LogP contribution in [0.15, 0.2) is 85.2 Å². The van der Waals surface area contributed by atoms with Gasteiger partial charge in [-0.3, -0.25) is 81.5 Å². The number of thioether (sulfide) groups is 1. The first kappa shape index (κ1) is 103. The summed E-state index contributed by atoms with van der Waals surface area (Å²) in [6, 6.07) is -0.910. The number of para-hydroxylation sites is 2. The Morgan fingerprint density at radius 2 is 1.02 bits per heavy atom. The van der Waals surface area contributed by atoms with E-state index in [9.17, 15) is 58.2 Å². The van der Waals surface area contributed by atoms with Crippen LogP contribution in [0, 0.1) is 11.8 Å². The second kappa shape index (κ2) is 49.0. The van der Waals surface area contributed by atoms with Gasteiger partial charge < -0.3 is 121 Å². The zero-order valence-corrected chi connectivity index (χ0v) is 76.3. The number of unbranched alkanes of at least 4 members (excludes halogenated alkanes) is 2. The molecule has 130 heavy (non-hydrogen) atoms. The lowest BCUT2D eigenvalue weighted by molar-refractivity contribution is -0.149. The van der Waals surface area contributed by atoms with Crippen LogP contribution in [-0.4, -0.2) is 301 Å². The number of aromatic amines is 2. The van der Waals surface area contributed by atoms with Crippen molar-refractivity contribution in [1.82, 2.24) is 87.6 Å². The molecule has 0 unspecified atom stereocenters. The molecule has 0 spiro atoms. The number of aliphatic hydroxyl groups excluding tert-OH is 1. The molecule has 3 aliphatic heterocycles. The van der Waals surface area contributed by atoms with Crippen LogP contribution in [0.4, 0.5) is 0 Å². The van der Waals surface area contributed by atoms with Gasteiger partial charge in [0.1, 0.15) is 90.3 Å². The number of amides is 17. The molecule has 3 saturated heterocycles. The van der Waals surface area contributed by atoms with Gasteiger partial charge in [0.05, 0.1) is 24.8 Å². The monoisotopic (exact) mass is 1830 g/mol. The van der Waals surface area contributed by atoms with Crippen LogP contribution in [0.25, 0.3) is 21.8 Å². The highest BCUT2D eigenvalue weighted by Gasteiger charge is 2.47. The van der Waals surface area contributed by atoms with Gasteiger partial charge in [0, 0.05) is 106 Å². The van der Waals surface area contributed by atoms with Crippen LogP contribution in [0.5, 0.6) is 5.75 Å². The lowest BCUT2D eigenvalue weighted by Crippen LogP contribution is -2.62. The van der Waals surface area contributed by atoms with Gasteiger partial charge in [-0.05, 0) is 111 Å². The van der Waals surface area contributed by atoms with E-state index < -0.39 is 223 Å². The first-order valence-electron chi connectivity index (χ1n) is 44.3. The van der Waals surface area contributed by atoms with Crippen LogP contribution in [0.1, 0.15) is 149 Å². The van der Waals surface area contributed by atoms with E-state index in [0.717, 1.165) is 26.5 Å². The summed E-state index contributed by atoms with van der Waals surface area (Å²) >= 11 is 0.802. The summed E-state index contributed by atoms with van der Waals surface area (Å²) in [7, 11) is 4.02. The number of benzene rings is 3. The Bertz CT molecular complexity index is 4850. The molecular formula is C89H129N21O19S. The van der Waals surface area contributed by atoms with Crippen LogP contribution in [0.3, 0.4) is 0 Å². The zero-order valence-electron chi connectivity index (χ0n) is 75.4. The highest BCUT2D eigenvalue weighted by Crippen LogP contribution is 2.28. The third kappa shape index (κ3) is 28.4. The molecule has 0 radical (unpaired) electrons. The van der Waals surface area contributed by atoms with Crippen molar-refractivity contribution in [3.8, 4) is 5.75 Å². The third-order valence-corrected chi connectivity index (χ3v) is 24.6. The largest absolute Gasteiger partial charge is 0.508 e. The SMILES string of the molecule is CCCC[C@H]1C(=O)N(C)[C@@H](CCCC)C(=O)N[C@@H](CC(C)C)C(=O)N[C@H](C(=O)NCC(N)=O)CSCC(=O)N[C@@H](Cc2ccc(O)cc2)C(=O)N(C)[C@@H](C)C(=O)N[C@@H](CC(N)=O)C(=O)N2CCC[C@H]2C(=O)N[C@@H](CN)C(=O)N[C@@H](CC(C)C)C(=O)N2C[C@H](O)C[C@H]2C(=O)N[C@@H](Cc2c[nH]c3ccccc23)C(=O)N[C@@H](CCN)C(=O)N[C@@H](Cc2c[nH]c3ccccc23)C(=O)N1C. The number of rotatable bonds is 24. The molecule has 3 aromatic carbocycles. The van der Waals surface area contributed by atoms with E-state index in [-0.39, 0.29) is 107 Å². The molecule has 40 nitrogen and oxygen atoms in total. The molecule has 17 amide bonds. The van der Waals surface area contributed by atoms with Gasteiger partial charge in [-0.15, -0.1) is 11.8 Å². The maximum atomic E-state index is 15.8. The van der Waals surface area contributed by atoms with E-state index in [2.05, 4.69) is 63.1 Å². The van der Waals surface area contributed by atoms with E-state index >= 15 is 33.6 Å². The average molecular weight is 1830 g/mol. The number of aromatic nitrogens is 2. The van der Waals surface area contributed by atoms with Crippen molar-refractivity contribution >= 4 is 134 Å². The Labute approximate surface area is 759 Å². The molecule has 41 heteroatoms. The number of hydrogen-bond donors (Lipinski definition) is 18. The second-order valence-corrected chi connectivity index (χ2v) is 35.5. The molecular weight excluding hydrogens is 1700 g/mol. The number of phenols is 1. The molecule has 5 heterocycles. The number of likely N-dealkylation sites (N-methyl/N-ethyl adjacent to an activating group) is 3. The normalized spacial score (nSPS) is 25.4. The number of phenolic OH excluding ortho intramolecular Hbond substituents is 1. The number of nitrogens with zero attached hydrogens (tertiary/aromatic N) is 5. The topological polar surface area (TPSA) is 603 Å². The number of primary amides is 2. The molecule has 2 aromatic heterocycles. The van der Waals surface area contributed by atoms with Gasteiger partial charge in [0.2, 0.25) is 100 Å². The number of nitrogens with one attached hydrogen (secondary N) is 12. The van der Waals surface area contributed by atoms with E-state index in [1.165, 1.54) is 62.1 Å². The quantitative estimate of drug-likeness (QED) is 0.0324. The van der Waals surface area contributed by atoms with Gasteiger partial charge in [-0.1, -0.05) is 116 Å². The Morgan fingerprint density at radius 1 is 0.515 bits per heavy atom. The predicted molar refractivity (Wildman–Crippen MR) is 483 cm³/mol. The fourth-order valence-electron chi connectivity index (χ4n) is 16.3.